The van der Waals surface area contributed by atoms with Crippen LogP contribution in [0.25, 0.3) is 6.15 Å². The Morgan fingerprint density at radius 2 is 0.455 bits per heavy atom. The molecule has 9 heteroatoms. The number of nitrogens with two attached hydrogens (primary N) is 1. The van der Waals surface area contributed by atoms with E-state index in [0.29, 0.717) is 0 Å². The standard InChI is InChI=1S/2CH3.H2N.7V.Y/h2*1H3;1H2;;;;;;;;/q3*-1;;;;;;;+2;. The van der Waals surface area contributed by atoms with Gasteiger partial charge in [-0.25, -0.2) is 0 Å². The van der Waals surface area contributed by atoms with Gasteiger partial charge in [-0.2, -0.15) is 0 Å². The summed E-state index contributed by atoms with van der Waals surface area (Å²) < 4.78 is 0. The van der Waals surface area contributed by atoms with Crippen LogP contribution in [-0.2, 0) is 163 Å². The quantitative estimate of drug-likeness (QED) is 0.462. The van der Waals surface area contributed by atoms with Gasteiger partial charge in [0.05, 0.1) is 0 Å². The summed E-state index contributed by atoms with van der Waals surface area (Å²) in [5.41, 5.74) is 0. The van der Waals surface area contributed by atoms with Crippen LogP contribution >= 0.6 is 0 Å². The molecule has 0 aromatic carbocycles. The van der Waals surface area contributed by atoms with Crippen molar-refractivity contribution in [3.05, 3.63) is 21.0 Å². The summed E-state index contributed by atoms with van der Waals surface area (Å²) in [7, 11) is 0. The van der Waals surface area contributed by atoms with Crippen molar-refractivity contribution in [3.63, 3.8) is 0 Å². The summed E-state index contributed by atoms with van der Waals surface area (Å²) in [6, 6.07) is 0. The first kappa shape index (κ1) is 140. The van der Waals surface area contributed by atoms with Crippen molar-refractivity contribution in [2.24, 2.45) is 0 Å². The second kappa shape index (κ2) is 114. The molecule has 0 atom stereocenters. The fourth-order valence-corrected chi connectivity index (χ4v) is 0. The van der Waals surface area contributed by atoms with Gasteiger partial charge in [-0.15, -0.1) is 0 Å². The van der Waals surface area contributed by atoms with Gasteiger partial charge in [-0.05, 0) is 0 Å². The molecule has 60 valence electrons. The number of hydrogen-bond donors (Lipinski definition) is 0. The van der Waals surface area contributed by atoms with Crippen LogP contribution in [-0.4, -0.2) is 0 Å². The molecule has 11 heavy (non-hydrogen) atoms. The first-order valence-electron chi connectivity index (χ1n) is 0. The van der Waals surface area contributed by atoms with Crippen LogP contribution in [0, 0.1) is 14.9 Å². The Labute approximate surface area is 180 Å². The molecule has 0 spiro atoms. The van der Waals surface area contributed by atoms with E-state index in [-0.39, 0.29) is 184 Å². The maximum Gasteiger partial charge on any atom is 2.00 e. The summed E-state index contributed by atoms with van der Waals surface area (Å²) >= 11 is 0. The second-order valence-corrected chi connectivity index (χ2v) is 0. The molecular formula is C2H8NV7Y-. The zero-order chi connectivity index (χ0) is 0. The summed E-state index contributed by atoms with van der Waals surface area (Å²) in [4.78, 5) is 0. The van der Waals surface area contributed by atoms with Crippen LogP contribution in [0.3, 0.4) is 0 Å². The summed E-state index contributed by atoms with van der Waals surface area (Å²) in [6.45, 7) is 0. The van der Waals surface area contributed by atoms with Crippen LogP contribution in [0.15, 0.2) is 0 Å². The van der Waals surface area contributed by atoms with E-state index in [1.165, 1.54) is 0 Å². The molecule has 0 saturated carbocycles. The molecule has 0 saturated heterocycles. The Kier molecular flexibility index (Phi) is 1450. The Bertz CT molecular complexity index is 16.4. The molecule has 0 aromatic rings. The van der Waals surface area contributed by atoms with E-state index < -0.39 is 0 Å². The van der Waals surface area contributed by atoms with Gasteiger partial charge in [-0.3, -0.25) is 0 Å². The predicted molar refractivity (Wildman–Crippen MR) is 18.1 cm³/mol. The van der Waals surface area contributed by atoms with Crippen LogP contribution in [0.4, 0.5) is 0 Å². The van der Waals surface area contributed by atoms with Crippen LogP contribution in [0.2, 0.25) is 0 Å². The smallest absolute Gasteiger partial charge is 0.693 e. The third kappa shape index (κ3) is 98.7. The first-order chi connectivity index (χ1) is 0. The molecule has 1 nitrogen and oxygen atoms in total. The molecule has 0 aliphatic carbocycles. The minimum Gasteiger partial charge on any atom is -0.693 e. The maximum absolute atomic E-state index is 0. The molecule has 0 bridgehead atoms. The minimum atomic E-state index is 0. The van der Waals surface area contributed by atoms with Crippen molar-refractivity contribution in [2.45, 2.75) is 0 Å². The van der Waals surface area contributed by atoms with Gasteiger partial charge in [0.25, 0.3) is 0 Å². The topological polar surface area (TPSA) is 33.5 Å². The Morgan fingerprint density at radius 1 is 0.455 bits per heavy atom. The molecule has 0 unspecified atom stereocenters. The van der Waals surface area contributed by atoms with Gasteiger partial charge in [-0.1, -0.05) is 0 Å². The van der Waals surface area contributed by atoms with Gasteiger partial charge in [0.15, 0.2) is 0 Å². The van der Waals surface area contributed by atoms with Crippen molar-refractivity contribution in [3.8, 4) is 0 Å². The molecule has 0 aliphatic rings. The third-order valence-electron chi connectivity index (χ3n) is 0. The van der Waals surface area contributed by atoms with E-state index >= 15 is 0 Å². The average Bonchev–Trinajstić information content (AvgIpc) is 0. The van der Waals surface area contributed by atoms with Crippen molar-refractivity contribution in [1.82, 2.24) is 0 Å². The van der Waals surface area contributed by atoms with E-state index in [9.17, 15) is 0 Å². The molecule has 0 rings (SSSR count). The average molecular weight is 492 g/mol. The van der Waals surface area contributed by atoms with Crippen LogP contribution < -0.4 is 0 Å². The SMILES string of the molecule is [CH3-].[CH3-].[NH2-].[V+2].[V].[V].[V].[V].[V].[V].[Y]. The molecule has 0 heterocycles. The maximum atomic E-state index is 0. The van der Waals surface area contributed by atoms with E-state index in [1.807, 2.05) is 0 Å². The van der Waals surface area contributed by atoms with Crippen LogP contribution in [0.1, 0.15) is 0 Å². The molecule has 0 aromatic heterocycles. The second-order valence-electron chi connectivity index (χ2n) is 0. The minimum absolute atomic E-state index is 0. The zero-order valence-corrected chi connectivity index (χ0v) is 18.9. The van der Waals surface area contributed by atoms with Gasteiger partial charge >= 0.3 is 18.6 Å². The summed E-state index contributed by atoms with van der Waals surface area (Å²) in [5.74, 6) is 0. The Balaban J connectivity index is 0. The number of hydrogen-bond acceptors (Lipinski definition) is 0. The van der Waals surface area contributed by atoms with E-state index in [2.05, 4.69) is 0 Å². The molecule has 0 fully saturated rings. The Morgan fingerprint density at radius 3 is 0.455 bits per heavy atom. The summed E-state index contributed by atoms with van der Waals surface area (Å²) in [5, 5.41) is 0. The zero-order valence-electron chi connectivity index (χ0n) is 6.29. The van der Waals surface area contributed by atoms with Gasteiger partial charge in [0.2, 0.25) is 0 Å². The Hall–Kier alpha value is 5.15. The molecule has 0 amide bonds. The largest absolute Gasteiger partial charge is 2.00 e. The molecule has 0 aliphatic heterocycles. The molecule has 8 radical (unpaired) electrons. The van der Waals surface area contributed by atoms with E-state index in [0.717, 1.165) is 0 Å². The fraction of sp³-hybridized carbons (Fsp3) is 0. The first-order valence-corrected chi connectivity index (χ1v) is 0. The molecular weight excluding hydrogens is 484 g/mol. The normalized spacial score (nSPS) is 0. The molecule has 2 N–H and O–H groups in total. The van der Waals surface area contributed by atoms with E-state index in [1.54, 1.807) is 0 Å². The predicted octanol–water partition coefficient (Wildman–Crippen LogP) is 1.60. The van der Waals surface area contributed by atoms with Crippen molar-refractivity contribution < 1.29 is 163 Å². The third-order valence-corrected chi connectivity index (χ3v) is 0. The van der Waals surface area contributed by atoms with Gasteiger partial charge in [0.1, 0.15) is 0 Å². The summed E-state index contributed by atoms with van der Waals surface area (Å²) in [6.07, 6.45) is 0. The monoisotopic (exact) mass is 492 g/mol. The van der Waals surface area contributed by atoms with Crippen molar-refractivity contribution in [2.75, 3.05) is 0 Å². The van der Waals surface area contributed by atoms with Crippen molar-refractivity contribution in [1.29, 1.82) is 0 Å². The van der Waals surface area contributed by atoms with Crippen molar-refractivity contribution >= 4 is 0 Å². The van der Waals surface area contributed by atoms with Gasteiger partial charge < -0.3 is 21.0 Å². The van der Waals surface area contributed by atoms with Crippen LogP contribution in [0.5, 0.6) is 0 Å². The number of rotatable bonds is 0. The fourth-order valence-electron chi connectivity index (χ4n) is 0. The van der Waals surface area contributed by atoms with Gasteiger partial charge in [0, 0.05) is 144 Å². The van der Waals surface area contributed by atoms with E-state index in [4.69, 9.17) is 0 Å².